The van der Waals surface area contributed by atoms with Crippen molar-refractivity contribution in [2.24, 2.45) is 0 Å². The highest BCUT2D eigenvalue weighted by Crippen LogP contribution is 2.30. The first-order valence-electron chi connectivity index (χ1n) is 7.36. The van der Waals surface area contributed by atoms with Crippen LogP contribution >= 0.6 is 0 Å². The van der Waals surface area contributed by atoms with E-state index in [1.807, 2.05) is 12.1 Å². The minimum Gasteiger partial charge on any atom is -0.493 e. The molecule has 1 N–H and O–H groups in total. The quantitative estimate of drug-likeness (QED) is 0.796. The second kappa shape index (κ2) is 7.66. The van der Waals surface area contributed by atoms with E-state index in [4.69, 9.17) is 14.2 Å². The lowest BCUT2D eigenvalue weighted by molar-refractivity contribution is 0.00782. The maximum absolute atomic E-state index is 5.49. The van der Waals surface area contributed by atoms with Crippen molar-refractivity contribution < 1.29 is 14.2 Å². The Hall–Kier alpha value is -1.26. The van der Waals surface area contributed by atoms with Crippen molar-refractivity contribution in [3.05, 3.63) is 23.8 Å². The topological polar surface area (TPSA) is 39.7 Å². The first kappa shape index (κ1) is 17.8. The third kappa shape index (κ3) is 5.21. The van der Waals surface area contributed by atoms with E-state index >= 15 is 0 Å². The molecule has 1 aromatic rings. The Bertz CT molecular complexity index is 446. The predicted molar refractivity (Wildman–Crippen MR) is 86.3 cm³/mol. The molecule has 120 valence electrons. The highest BCUT2D eigenvalue weighted by Gasteiger charge is 2.21. The molecule has 1 aromatic carbocycles. The summed E-state index contributed by atoms with van der Waals surface area (Å²) in [4.78, 5) is 0. The largest absolute Gasteiger partial charge is 0.493 e. The summed E-state index contributed by atoms with van der Waals surface area (Å²) < 4.78 is 16.1. The van der Waals surface area contributed by atoms with Crippen molar-refractivity contribution >= 4 is 0 Å². The molecule has 0 saturated heterocycles. The summed E-state index contributed by atoms with van der Waals surface area (Å²) in [6.45, 7) is 8.54. The second-order valence-corrected chi connectivity index (χ2v) is 6.07. The highest BCUT2D eigenvalue weighted by atomic mass is 16.5. The first-order chi connectivity index (χ1) is 9.82. The number of hydrogen-bond donors (Lipinski definition) is 1. The molecule has 0 aliphatic heterocycles. The van der Waals surface area contributed by atoms with Gasteiger partial charge in [0.25, 0.3) is 0 Å². The number of rotatable bonds is 8. The Balaban J connectivity index is 2.73. The number of ether oxygens (including phenoxy) is 3. The molecule has 0 amide bonds. The Kier molecular flexibility index (Phi) is 6.49. The van der Waals surface area contributed by atoms with E-state index in [9.17, 15) is 0 Å². The van der Waals surface area contributed by atoms with Crippen molar-refractivity contribution in [1.82, 2.24) is 5.32 Å². The molecule has 0 aliphatic rings. The molecule has 0 heterocycles. The SMILES string of the molecule is COc1ccc(C(C)NC(C)CC(C)(C)OC)cc1OC. The molecule has 0 aromatic heterocycles. The van der Waals surface area contributed by atoms with Crippen LogP contribution in [0.5, 0.6) is 11.5 Å². The summed E-state index contributed by atoms with van der Waals surface area (Å²) in [5.74, 6) is 1.51. The zero-order valence-electron chi connectivity index (χ0n) is 14.3. The number of hydrogen-bond acceptors (Lipinski definition) is 4. The van der Waals surface area contributed by atoms with Crippen LogP contribution in [-0.4, -0.2) is 33.0 Å². The standard InChI is InChI=1S/C17H29NO3/c1-12(11-17(3,4)21-7)18-13(2)14-8-9-15(19-5)16(10-14)20-6/h8-10,12-13,18H,11H2,1-7H3. The lowest BCUT2D eigenvalue weighted by Gasteiger charge is -2.29. The fourth-order valence-electron chi connectivity index (χ4n) is 2.52. The average molecular weight is 295 g/mol. The molecule has 0 bridgehead atoms. The molecule has 21 heavy (non-hydrogen) atoms. The van der Waals surface area contributed by atoms with Crippen LogP contribution in [0.15, 0.2) is 18.2 Å². The summed E-state index contributed by atoms with van der Waals surface area (Å²) in [7, 11) is 5.06. The normalized spacial score (nSPS) is 14.6. The second-order valence-electron chi connectivity index (χ2n) is 6.07. The van der Waals surface area contributed by atoms with Gasteiger partial charge in [-0.2, -0.15) is 0 Å². The summed E-state index contributed by atoms with van der Waals surface area (Å²) in [6, 6.07) is 6.60. The van der Waals surface area contributed by atoms with Gasteiger partial charge >= 0.3 is 0 Å². The summed E-state index contributed by atoms with van der Waals surface area (Å²) >= 11 is 0. The van der Waals surface area contributed by atoms with Gasteiger partial charge in [0.15, 0.2) is 11.5 Å². The van der Waals surface area contributed by atoms with Crippen LogP contribution < -0.4 is 14.8 Å². The van der Waals surface area contributed by atoms with Gasteiger partial charge < -0.3 is 19.5 Å². The van der Waals surface area contributed by atoms with Crippen molar-refractivity contribution in [3.63, 3.8) is 0 Å². The summed E-state index contributed by atoms with van der Waals surface area (Å²) in [5, 5.41) is 3.60. The van der Waals surface area contributed by atoms with Crippen molar-refractivity contribution in [2.75, 3.05) is 21.3 Å². The van der Waals surface area contributed by atoms with Crippen LogP contribution in [0, 0.1) is 0 Å². The van der Waals surface area contributed by atoms with E-state index in [2.05, 4.69) is 39.1 Å². The van der Waals surface area contributed by atoms with E-state index in [0.29, 0.717) is 6.04 Å². The highest BCUT2D eigenvalue weighted by molar-refractivity contribution is 5.43. The van der Waals surface area contributed by atoms with Gasteiger partial charge in [-0.25, -0.2) is 0 Å². The number of benzene rings is 1. The van der Waals surface area contributed by atoms with Gasteiger partial charge in [0.2, 0.25) is 0 Å². The summed E-state index contributed by atoms with van der Waals surface area (Å²) in [6.07, 6.45) is 0.946. The van der Waals surface area contributed by atoms with Crippen LogP contribution in [-0.2, 0) is 4.74 Å². The van der Waals surface area contributed by atoms with Crippen molar-refractivity contribution in [2.45, 2.75) is 51.8 Å². The fraction of sp³-hybridized carbons (Fsp3) is 0.647. The lowest BCUT2D eigenvalue weighted by Crippen LogP contribution is -2.36. The molecule has 0 spiro atoms. The molecule has 2 atom stereocenters. The van der Waals surface area contributed by atoms with E-state index in [0.717, 1.165) is 17.9 Å². The van der Waals surface area contributed by atoms with Gasteiger partial charge in [-0.05, 0) is 51.8 Å². The number of methoxy groups -OCH3 is 3. The zero-order chi connectivity index (χ0) is 16.0. The first-order valence-corrected chi connectivity index (χ1v) is 7.36. The maximum atomic E-state index is 5.49. The average Bonchev–Trinajstić information content (AvgIpc) is 2.45. The molecule has 4 nitrogen and oxygen atoms in total. The fourth-order valence-corrected chi connectivity index (χ4v) is 2.52. The van der Waals surface area contributed by atoms with E-state index in [1.54, 1.807) is 21.3 Å². The maximum Gasteiger partial charge on any atom is 0.161 e. The lowest BCUT2D eigenvalue weighted by atomic mass is 9.98. The van der Waals surface area contributed by atoms with Gasteiger partial charge in [-0.15, -0.1) is 0 Å². The molecule has 0 saturated carbocycles. The Morgan fingerprint density at radius 2 is 1.67 bits per heavy atom. The zero-order valence-corrected chi connectivity index (χ0v) is 14.3. The third-order valence-corrected chi connectivity index (χ3v) is 3.79. The minimum absolute atomic E-state index is 0.121. The Morgan fingerprint density at radius 1 is 1.05 bits per heavy atom. The molecular formula is C17H29NO3. The molecule has 0 radical (unpaired) electrons. The summed E-state index contributed by atoms with van der Waals surface area (Å²) in [5.41, 5.74) is 1.05. The van der Waals surface area contributed by atoms with Crippen LogP contribution in [0.4, 0.5) is 0 Å². The molecular weight excluding hydrogens is 266 g/mol. The smallest absolute Gasteiger partial charge is 0.161 e. The molecule has 0 aliphatic carbocycles. The van der Waals surface area contributed by atoms with Gasteiger partial charge in [0.05, 0.1) is 19.8 Å². The van der Waals surface area contributed by atoms with Gasteiger partial charge in [0, 0.05) is 19.2 Å². The van der Waals surface area contributed by atoms with Crippen LogP contribution in [0.25, 0.3) is 0 Å². The van der Waals surface area contributed by atoms with E-state index in [-0.39, 0.29) is 11.6 Å². The van der Waals surface area contributed by atoms with Crippen LogP contribution in [0.3, 0.4) is 0 Å². The van der Waals surface area contributed by atoms with Gasteiger partial charge in [-0.3, -0.25) is 0 Å². The molecule has 1 rings (SSSR count). The van der Waals surface area contributed by atoms with Crippen molar-refractivity contribution in [1.29, 1.82) is 0 Å². The van der Waals surface area contributed by atoms with Crippen LogP contribution in [0.2, 0.25) is 0 Å². The Labute approximate surface area is 128 Å². The monoisotopic (exact) mass is 295 g/mol. The van der Waals surface area contributed by atoms with Crippen LogP contribution in [0.1, 0.15) is 45.7 Å². The van der Waals surface area contributed by atoms with Crippen molar-refractivity contribution in [3.8, 4) is 11.5 Å². The number of nitrogens with one attached hydrogen (secondary N) is 1. The van der Waals surface area contributed by atoms with Gasteiger partial charge in [-0.1, -0.05) is 6.07 Å². The Morgan fingerprint density at radius 3 is 2.19 bits per heavy atom. The van der Waals surface area contributed by atoms with Gasteiger partial charge in [0.1, 0.15) is 0 Å². The third-order valence-electron chi connectivity index (χ3n) is 3.79. The predicted octanol–water partition coefficient (Wildman–Crippen LogP) is 3.56. The van der Waals surface area contributed by atoms with E-state index in [1.165, 1.54) is 5.56 Å². The van der Waals surface area contributed by atoms with E-state index < -0.39 is 0 Å². The molecule has 0 fully saturated rings. The molecule has 4 heteroatoms. The minimum atomic E-state index is -0.121. The molecule has 2 unspecified atom stereocenters.